The highest BCUT2D eigenvalue weighted by atomic mass is 35.5. The van der Waals surface area contributed by atoms with Gasteiger partial charge in [0, 0.05) is 40.4 Å². The van der Waals surface area contributed by atoms with Crippen molar-refractivity contribution in [3.8, 4) is 0 Å². The van der Waals surface area contributed by atoms with Gasteiger partial charge in [-0.2, -0.15) is 0 Å². The van der Waals surface area contributed by atoms with Gasteiger partial charge in [-0.15, -0.1) is 24.2 Å². The Kier molecular flexibility index (Phi) is 8.11. The van der Waals surface area contributed by atoms with Crippen LogP contribution < -0.4 is 5.73 Å². The highest BCUT2D eigenvalue weighted by molar-refractivity contribution is 7.98. The lowest BCUT2D eigenvalue weighted by atomic mass is 10.0. The van der Waals surface area contributed by atoms with Gasteiger partial charge in [0.15, 0.2) is 0 Å². The number of likely N-dealkylation sites (tertiary alicyclic amines) is 1. The van der Waals surface area contributed by atoms with E-state index in [4.69, 9.17) is 28.9 Å². The van der Waals surface area contributed by atoms with Gasteiger partial charge in [-0.1, -0.05) is 35.3 Å². The average molecular weight is 432 g/mol. The van der Waals surface area contributed by atoms with E-state index in [1.807, 2.05) is 35.2 Å². The van der Waals surface area contributed by atoms with Crippen LogP contribution in [0.2, 0.25) is 10.0 Å². The predicted molar refractivity (Wildman–Crippen MR) is 113 cm³/mol. The lowest BCUT2D eigenvalue weighted by molar-refractivity contribution is 0.0715. The van der Waals surface area contributed by atoms with Gasteiger partial charge in [0.25, 0.3) is 5.91 Å². The van der Waals surface area contributed by atoms with Crippen molar-refractivity contribution in [2.45, 2.75) is 29.5 Å². The van der Waals surface area contributed by atoms with Crippen molar-refractivity contribution in [3.05, 3.63) is 63.6 Å². The summed E-state index contributed by atoms with van der Waals surface area (Å²) >= 11 is 13.8. The van der Waals surface area contributed by atoms with Crippen LogP contribution >= 0.6 is 47.4 Å². The largest absolute Gasteiger partial charge is 0.339 e. The first-order chi connectivity index (χ1) is 12.0. The van der Waals surface area contributed by atoms with Gasteiger partial charge in [-0.05, 0) is 48.7 Å². The van der Waals surface area contributed by atoms with Crippen LogP contribution in [0.1, 0.15) is 28.8 Å². The average Bonchev–Trinajstić information content (AvgIpc) is 2.63. The zero-order valence-electron chi connectivity index (χ0n) is 14.2. The maximum atomic E-state index is 12.5. The zero-order chi connectivity index (χ0) is 17.8. The first-order valence-corrected chi connectivity index (χ1v) is 9.99. The molecule has 0 aromatic heterocycles. The summed E-state index contributed by atoms with van der Waals surface area (Å²) < 4.78 is 0. The Morgan fingerprint density at radius 1 is 1.12 bits per heavy atom. The molecule has 0 saturated carbocycles. The smallest absolute Gasteiger partial charge is 0.253 e. The van der Waals surface area contributed by atoms with Gasteiger partial charge < -0.3 is 10.6 Å². The molecule has 1 aliphatic rings. The number of halogens is 3. The summed E-state index contributed by atoms with van der Waals surface area (Å²) in [6, 6.07) is 13.5. The van der Waals surface area contributed by atoms with Crippen LogP contribution in [0.25, 0.3) is 0 Å². The molecule has 1 aliphatic heterocycles. The normalized spacial score (nSPS) is 14.8. The van der Waals surface area contributed by atoms with Gasteiger partial charge in [-0.25, -0.2) is 0 Å². The number of carbonyl (C=O) groups excluding carboxylic acids is 1. The van der Waals surface area contributed by atoms with Crippen LogP contribution in [0.3, 0.4) is 0 Å². The lowest BCUT2D eigenvalue weighted by Crippen LogP contribution is -2.42. The topological polar surface area (TPSA) is 46.3 Å². The molecule has 26 heavy (non-hydrogen) atoms. The van der Waals surface area contributed by atoms with Gasteiger partial charge in [0.2, 0.25) is 0 Å². The third kappa shape index (κ3) is 5.54. The Bertz CT molecular complexity index is 747. The summed E-state index contributed by atoms with van der Waals surface area (Å²) in [7, 11) is 0. The number of rotatable bonds is 4. The minimum atomic E-state index is 0. The number of piperidine rings is 1. The maximum Gasteiger partial charge on any atom is 0.253 e. The Balaban J connectivity index is 0.00000243. The summed E-state index contributed by atoms with van der Waals surface area (Å²) in [6.07, 6.45) is 1.75. The molecule has 1 heterocycles. The summed E-state index contributed by atoms with van der Waals surface area (Å²) in [5, 5.41) is 1.37. The van der Waals surface area contributed by atoms with E-state index >= 15 is 0 Å². The molecule has 3 rings (SSSR count). The molecule has 7 heteroatoms. The number of nitrogens with zero attached hydrogens (tertiary/aromatic N) is 1. The number of carbonyl (C=O) groups is 1. The Morgan fingerprint density at radius 3 is 2.42 bits per heavy atom. The van der Waals surface area contributed by atoms with E-state index in [0.717, 1.165) is 47.7 Å². The minimum Gasteiger partial charge on any atom is -0.339 e. The standard InChI is InChI=1S/C19H20Cl2N2OS.ClH/c20-15-5-6-17(21)18(11-15)25-12-13-1-3-14(4-2-13)19(24)23-9-7-16(22)8-10-23;/h1-6,11,16H,7-10,12,22H2;1H. The summed E-state index contributed by atoms with van der Waals surface area (Å²) in [4.78, 5) is 15.4. The first kappa shape index (κ1) is 21.4. The maximum absolute atomic E-state index is 12.5. The second-order valence-electron chi connectivity index (χ2n) is 6.19. The van der Waals surface area contributed by atoms with E-state index in [9.17, 15) is 4.79 Å². The number of benzene rings is 2. The number of nitrogens with two attached hydrogens (primary N) is 1. The van der Waals surface area contributed by atoms with E-state index in [0.29, 0.717) is 10.0 Å². The van der Waals surface area contributed by atoms with Crippen molar-refractivity contribution in [1.29, 1.82) is 0 Å². The van der Waals surface area contributed by atoms with Gasteiger partial charge in [0.1, 0.15) is 0 Å². The Morgan fingerprint density at radius 2 is 1.77 bits per heavy atom. The predicted octanol–water partition coefficient (Wildman–Crippen LogP) is 5.27. The van der Waals surface area contributed by atoms with Crippen molar-refractivity contribution in [1.82, 2.24) is 4.90 Å². The van der Waals surface area contributed by atoms with E-state index in [1.165, 1.54) is 0 Å². The van der Waals surface area contributed by atoms with Crippen LogP contribution in [0, 0.1) is 0 Å². The third-order valence-electron chi connectivity index (χ3n) is 4.32. The van der Waals surface area contributed by atoms with Crippen molar-refractivity contribution >= 4 is 53.3 Å². The third-order valence-corrected chi connectivity index (χ3v) is 6.12. The van der Waals surface area contributed by atoms with Crippen molar-refractivity contribution in [3.63, 3.8) is 0 Å². The van der Waals surface area contributed by atoms with E-state index < -0.39 is 0 Å². The molecule has 0 atom stereocenters. The number of thioether (sulfide) groups is 1. The quantitative estimate of drug-likeness (QED) is 0.671. The summed E-state index contributed by atoms with van der Waals surface area (Å²) in [5.41, 5.74) is 7.76. The lowest BCUT2D eigenvalue weighted by Gasteiger charge is -2.30. The molecule has 1 saturated heterocycles. The molecule has 0 aliphatic carbocycles. The molecule has 2 aromatic rings. The van der Waals surface area contributed by atoms with Crippen LogP contribution in [0.4, 0.5) is 0 Å². The molecule has 0 spiro atoms. The first-order valence-electron chi connectivity index (χ1n) is 8.24. The molecular formula is C19H21Cl3N2OS. The van der Waals surface area contributed by atoms with Crippen LogP contribution in [-0.4, -0.2) is 29.9 Å². The molecule has 3 nitrogen and oxygen atoms in total. The van der Waals surface area contributed by atoms with E-state index in [-0.39, 0.29) is 24.4 Å². The van der Waals surface area contributed by atoms with Crippen LogP contribution in [-0.2, 0) is 5.75 Å². The summed E-state index contributed by atoms with van der Waals surface area (Å²) in [5.74, 6) is 0.858. The second-order valence-corrected chi connectivity index (χ2v) is 8.05. The molecule has 2 N–H and O–H groups in total. The molecule has 1 fully saturated rings. The SMILES string of the molecule is Cl.NC1CCN(C(=O)c2ccc(CSc3cc(Cl)ccc3Cl)cc2)CC1. The minimum absolute atomic E-state index is 0. The van der Waals surface area contributed by atoms with E-state index in [1.54, 1.807) is 23.9 Å². The Labute approximate surface area is 174 Å². The molecule has 0 unspecified atom stereocenters. The van der Waals surface area contributed by atoms with Crippen molar-refractivity contribution in [2.75, 3.05) is 13.1 Å². The monoisotopic (exact) mass is 430 g/mol. The number of amides is 1. The van der Waals surface area contributed by atoms with Gasteiger partial charge >= 0.3 is 0 Å². The fourth-order valence-corrected chi connectivity index (χ4v) is 4.23. The van der Waals surface area contributed by atoms with E-state index in [2.05, 4.69) is 0 Å². The molecule has 0 bridgehead atoms. The van der Waals surface area contributed by atoms with Crippen molar-refractivity contribution < 1.29 is 4.79 Å². The number of hydrogen-bond donors (Lipinski definition) is 1. The fraction of sp³-hybridized carbons (Fsp3) is 0.316. The van der Waals surface area contributed by atoms with Crippen LogP contribution in [0.5, 0.6) is 0 Å². The van der Waals surface area contributed by atoms with Crippen molar-refractivity contribution in [2.24, 2.45) is 5.73 Å². The molecular weight excluding hydrogens is 411 g/mol. The Hall–Kier alpha value is -0.910. The fourth-order valence-electron chi connectivity index (χ4n) is 2.78. The molecule has 2 aromatic carbocycles. The van der Waals surface area contributed by atoms with Gasteiger partial charge in [-0.3, -0.25) is 4.79 Å². The van der Waals surface area contributed by atoms with Gasteiger partial charge in [0.05, 0.1) is 5.02 Å². The highest BCUT2D eigenvalue weighted by Crippen LogP contribution is 2.32. The summed E-state index contributed by atoms with van der Waals surface area (Å²) in [6.45, 7) is 1.48. The number of hydrogen-bond acceptors (Lipinski definition) is 3. The molecule has 0 radical (unpaired) electrons. The zero-order valence-corrected chi connectivity index (χ0v) is 17.3. The molecule has 1 amide bonds. The second kappa shape index (κ2) is 9.86. The highest BCUT2D eigenvalue weighted by Gasteiger charge is 2.21. The van der Waals surface area contributed by atoms with Crippen LogP contribution in [0.15, 0.2) is 47.4 Å². The molecule has 140 valence electrons.